The van der Waals surface area contributed by atoms with E-state index in [1.54, 1.807) is 13.8 Å². The van der Waals surface area contributed by atoms with Gasteiger partial charge < -0.3 is 14.2 Å². The molecule has 0 spiro atoms. The molecule has 2 unspecified atom stereocenters. The first-order chi connectivity index (χ1) is 7.02. The molecule has 0 heterocycles. The van der Waals surface area contributed by atoms with Crippen LogP contribution in [-0.2, 0) is 23.8 Å². The van der Waals surface area contributed by atoms with E-state index in [2.05, 4.69) is 0 Å². The third-order valence-electron chi connectivity index (χ3n) is 1.55. The van der Waals surface area contributed by atoms with Gasteiger partial charge in [-0.2, -0.15) is 0 Å². The zero-order valence-corrected chi connectivity index (χ0v) is 9.61. The zero-order chi connectivity index (χ0) is 11.8. The van der Waals surface area contributed by atoms with E-state index < -0.39 is 12.6 Å². The molecule has 0 aliphatic heterocycles. The molecule has 0 aromatic rings. The van der Waals surface area contributed by atoms with Crippen LogP contribution in [0.4, 0.5) is 0 Å². The molecule has 0 fully saturated rings. The summed E-state index contributed by atoms with van der Waals surface area (Å²) in [6.45, 7) is 6.82. The van der Waals surface area contributed by atoms with Gasteiger partial charge in [-0.1, -0.05) is 0 Å². The van der Waals surface area contributed by atoms with Gasteiger partial charge in [-0.15, -0.1) is 0 Å². The van der Waals surface area contributed by atoms with Gasteiger partial charge in [0, 0.05) is 13.2 Å². The molecule has 15 heavy (non-hydrogen) atoms. The molecular weight excluding hydrogens is 200 g/mol. The van der Waals surface area contributed by atoms with Crippen molar-refractivity contribution in [3.05, 3.63) is 0 Å². The SMILES string of the molecule is CCOC(OC(OCC)C(C)=O)C(C)=O. The van der Waals surface area contributed by atoms with Gasteiger partial charge in [0.05, 0.1) is 0 Å². The lowest BCUT2D eigenvalue weighted by molar-refractivity contribution is -0.230. The molecule has 0 N–H and O–H groups in total. The number of ether oxygens (including phenoxy) is 3. The molecular formula is C10H18O5. The van der Waals surface area contributed by atoms with Crippen molar-refractivity contribution in [2.24, 2.45) is 0 Å². The predicted molar refractivity (Wildman–Crippen MR) is 53.3 cm³/mol. The molecule has 0 saturated heterocycles. The topological polar surface area (TPSA) is 61.8 Å². The van der Waals surface area contributed by atoms with E-state index in [-0.39, 0.29) is 11.6 Å². The predicted octanol–water partition coefficient (Wildman–Crippen LogP) is 0.906. The van der Waals surface area contributed by atoms with E-state index >= 15 is 0 Å². The molecule has 88 valence electrons. The second-order valence-electron chi connectivity index (χ2n) is 2.93. The molecule has 0 saturated carbocycles. The smallest absolute Gasteiger partial charge is 0.220 e. The van der Waals surface area contributed by atoms with Crippen molar-refractivity contribution in [3.8, 4) is 0 Å². The van der Waals surface area contributed by atoms with E-state index in [1.165, 1.54) is 13.8 Å². The molecule has 0 aromatic heterocycles. The van der Waals surface area contributed by atoms with E-state index in [4.69, 9.17) is 14.2 Å². The van der Waals surface area contributed by atoms with Crippen LogP contribution in [0.15, 0.2) is 0 Å². The normalized spacial score (nSPS) is 14.7. The second kappa shape index (κ2) is 7.50. The third kappa shape index (κ3) is 5.61. The van der Waals surface area contributed by atoms with Crippen molar-refractivity contribution in [1.82, 2.24) is 0 Å². The Kier molecular flexibility index (Phi) is 7.11. The Morgan fingerprint density at radius 2 is 1.27 bits per heavy atom. The fourth-order valence-electron chi connectivity index (χ4n) is 0.920. The minimum absolute atomic E-state index is 0.289. The monoisotopic (exact) mass is 218 g/mol. The first-order valence-electron chi connectivity index (χ1n) is 4.92. The van der Waals surface area contributed by atoms with Gasteiger partial charge in [-0.05, 0) is 27.7 Å². The molecule has 2 atom stereocenters. The average molecular weight is 218 g/mol. The van der Waals surface area contributed by atoms with Crippen molar-refractivity contribution in [2.75, 3.05) is 13.2 Å². The summed E-state index contributed by atoms with van der Waals surface area (Å²) >= 11 is 0. The van der Waals surface area contributed by atoms with Gasteiger partial charge >= 0.3 is 0 Å². The average Bonchev–Trinajstić information content (AvgIpc) is 2.15. The van der Waals surface area contributed by atoms with Crippen LogP contribution in [-0.4, -0.2) is 37.4 Å². The first-order valence-corrected chi connectivity index (χ1v) is 4.92. The van der Waals surface area contributed by atoms with E-state index in [1.807, 2.05) is 0 Å². The molecule has 5 nitrogen and oxygen atoms in total. The number of carbonyl (C=O) groups is 2. The minimum Gasteiger partial charge on any atom is -0.346 e. The summed E-state index contributed by atoms with van der Waals surface area (Å²) in [4.78, 5) is 22.2. The number of carbonyl (C=O) groups excluding carboxylic acids is 2. The number of rotatable bonds is 8. The lowest BCUT2D eigenvalue weighted by Crippen LogP contribution is -2.35. The van der Waals surface area contributed by atoms with E-state index in [0.717, 1.165) is 0 Å². The van der Waals surface area contributed by atoms with Crippen LogP contribution in [0.25, 0.3) is 0 Å². The standard InChI is InChI=1S/C10H18O5/c1-5-13-9(7(3)11)15-10(8(4)12)14-6-2/h9-10H,5-6H2,1-4H3. The molecule has 0 radical (unpaired) electrons. The lowest BCUT2D eigenvalue weighted by Gasteiger charge is -2.20. The minimum atomic E-state index is -1.03. The van der Waals surface area contributed by atoms with Crippen LogP contribution in [0, 0.1) is 0 Å². The highest BCUT2D eigenvalue weighted by Crippen LogP contribution is 2.05. The second-order valence-corrected chi connectivity index (χ2v) is 2.93. The first kappa shape index (κ1) is 14.2. The summed E-state index contributed by atoms with van der Waals surface area (Å²) < 4.78 is 15.2. The number of hydrogen-bond acceptors (Lipinski definition) is 5. The summed E-state index contributed by atoms with van der Waals surface area (Å²) in [7, 11) is 0. The van der Waals surface area contributed by atoms with Crippen molar-refractivity contribution in [1.29, 1.82) is 0 Å². The number of ketones is 2. The molecule has 0 aliphatic rings. The summed E-state index contributed by atoms with van der Waals surface area (Å²) in [6, 6.07) is 0. The quantitative estimate of drug-likeness (QED) is 0.566. The van der Waals surface area contributed by atoms with E-state index in [9.17, 15) is 9.59 Å². The lowest BCUT2D eigenvalue weighted by atomic mass is 10.4. The Labute approximate surface area is 89.7 Å². The Bertz CT molecular complexity index is 192. The summed E-state index contributed by atoms with van der Waals surface area (Å²) in [5.74, 6) is -0.578. The zero-order valence-electron chi connectivity index (χ0n) is 9.61. The van der Waals surface area contributed by atoms with Crippen LogP contribution in [0.5, 0.6) is 0 Å². The maximum Gasteiger partial charge on any atom is 0.220 e. The van der Waals surface area contributed by atoms with Gasteiger partial charge in [0.2, 0.25) is 12.6 Å². The maximum atomic E-state index is 11.1. The van der Waals surface area contributed by atoms with E-state index in [0.29, 0.717) is 13.2 Å². The Morgan fingerprint density at radius 3 is 1.47 bits per heavy atom. The van der Waals surface area contributed by atoms with Crippen LogP contribution in [0.1, 0.15) is 27.7 Å². The Morgan fingerprint density at radius 1 is 0.933 bits per heavy atom. The maximum absolute atomic E-state index is 11.1. The fourth-order valence-corrected chi connectivity index (χ4v) is 0.920. The van der Waals surface area contributed by atoms with Gasteiger partial charge in [-0.25, -0.2) is 0 Å². The summed E-state index contributed by atoms with van der Waals surface area (Å²) in [5, 5.41) is 0. The van der Waals surface area contributed by atoms with Crippen LogP contribution in [0.3, 0.4) is 0 Å². The van der Waals surface area contributed by atoms with Crippen molar-refractivity contribution in [3.63, 3.8) is 0 Å². The highest BCUT2D eigenvalue weighted by molar-refractivity contribution is 5.81. The molecule has 0 bridgehead atoms. The van der Waals surface area contributed by atoms with Crippen LogP contribution in [0.2, 0.25) is 0 Å². The summed E-state index contributed by atoms with van der Waals surface area (Å²) in [5.41, 5.74) is 0. The highest BCUT2D eigenvalue weighted by atomic mass is 16.8. The van der Waals surface area contributed by atoms with Gasteiger partial charge in [0.15, 0.2) is 11.6 Å². The van der Waals surface area contributed by atoms with Crippen molar-refractivity contribution < 1.29 is 23.8 Å². The third-order valence-corrected chi connectivity index (χ3v) is 1.55. The van der Waals surface area contributed by atoms with Gasteiger partial charge in [-0.3, -0.25) is 9.59 Å². The number of hydrogen-bond donors (Lipinski definition) is 0. The van der Waals surface area contributed by atoms with Crippen molar-refractivity contribution >= 4 is 11.6 Å². The van der Waals surface area contributed by atoms with Crippen LogP contribution < -0.4 is 0 Å². The molecule has 0 aromatic carbocycles. The van der Waals surface area contributed by atoms with Gasteiger partial charge in [0.25, 0.3) is 0 Å². The highest BCUT2D eigenvalue weighted by Gasteiger charge is 2.23. The summed E-state index contributed by atoms with van der Waals surface area (Å²) in [6.07, 6.45) is -2.06. The van der Waals surface area contributed by atoms with Gasteiger partial charge in [0.1, 0.15) is 0 Å². The fraction of sp³-hybridized carbons (Fsp3) is 0.800. The Hall–Kier alpha value is -0.780. The molecule has 0 aliphatic carbocycles. The number of Topliss-reactive ketones (excluding diaryl/α,β-unsaturated/α-hetero) is 2. The molecule has 0 rings (SSSR count). The van der Waals surface area contributed by atoms with Crippen molar-refractivity contribution in [2.45, 2.75) is 40.3 Å². The largest absolute Gasteiger partial charge is 0.346 e. The molecule has 5 heteroatoms. The molecule has 0 amide bonds. The van der Waals surface area contributed by atoms with Crippen LogP contribution >= 0.6 is 0 Å². The Balaban J connectivity index is 4.32.